The number of hydrogen-bond donors (Lipinski definition) is 1. The summed E-state index contributed by atoms with van der Waals surface area (Å²) < 4.78 is 5.27. The SMILES string of the molecule is C[C@H](OC(=O)[C@H]1CS[C@@]2(C)CCC(=O)N12)C(=O)NC1CC1. The first-order chi connectivity index (χ1) is 9.90. The molecule has 0 aromatic carbocycles. The maximum atomic E-state index is 12.3. The maximum Gasteiger partial charge on any atom is 0.330 e. The highest BCUT2D eigenvalue weighted by Crippen LogP contribution is 2.47. The van der Waals surface area contributed by atoms with Crippen LogP contribution in [0.5, 0.6) is 0 Å². The number of esters is 1. The number of fused-ring (bicyclic) bond motifs is 1. The van der Waals surface area contributed by atoms with Crippen LogP contribution in [0.1, 0.15) is 39.5 Å². The Morgan fingerprint density at radius 3 is 2.86 bits per heavy atom. The van der Waals surface area contributed by atoms with Gasteiger partial charge in [-0.1, -0.05) is 0 Å². The molecular weight excluding hydrogens is 292 g/mol. The molecule has 116 valence electrons. The Balaban J connectivity index is 1.60. The summed E-state index contributed by atoms with van der Waals surface area (Å²) in [5, 5.41) is 2.81. The van der Waals surface area contributed by atoms with Crippen LogP contribution >= 0.6 is 11.8 Å². The van der Waals surface area contributed by atoms with Crippen molar-refractivity contribution in [3.8, 4) is 0 Å². The molecule has 1 aliphatic carbocycles. The second kappa shape index (κ2) is 5.19. The summed E-state index contributed by atoms with van der Waals surface area (Å²) in [5.74, 6) is -0.190. The molecule has 3 atom stereocenters. The molecule has 2 amide bonds. The van der Waals surface area contributed by atoms with Gasteiger partial charge in [0.05, 0.1) is 4.87 Å². The number of rotatable bonds is 4. The summed E-state index contributed by atoms with van der Waals surface area (Å²) in [6, 6.07) is -0.324. The van der Waals surface area contributed by atoms with Crippen LogP contribution in [0.25, 0.3) is 0 Å². The van der Waals surface area contributed by atoms with E-state index in [2.05, 4.69) is 5.32 Å². The van der Waals surface area contributed by atoms with E-state index >= 15 is 0 Å². The molecule has 21 heavy (non-hydrogen) atoms. The molecule has 0 radical (unpaired) electrons. The molecule has 0 unspecified atom stereocenters. The fraction of sp³-hybridized carbons (Fsp3) is 0.786. The van der Waals surface area contributed by atoms with Crippen LogP contribution in [0.15, 0.2) is 0 Å². The van der Waals surface area contributed by atoms with Crippen molar-refractivity contribution in [2.24, 2.45) is 0 Å². The third-order valence-electron chi connectivity index (χ3n) is 4.30. The van der Waals surface area contributed by atoms with Gasteiger partial charge in [-0.2, -0.15) is 0 Å². The molecule has 3 fully saturated rings. The lowest BCUT2D eigenvalue weighted by Gasteiger charge is -2.29. The van der Waals surface area contributed by atoms with Crippen LogP contribution in [-0.4, -0.2) is 51.5 Å². The van der Waals surface area contributed by atoms with Crippen molar-refractivity contribution in [1.29, 1.82) is 0 Å². The molecule has 3 aliphatic rings. The van der Waals surface area contributed by atoms with Crippen molar-refractivity contribution in [3.05, 3.63) is 0 Å². The number of hydrogen-bond acceptors (Lipinski definition) is 5. The lowest BCUT2D eigenvalue weighted by atomic mass is 10.2. The Morgan fingerprint density at radius 2 is 2.19 bits per heavy atom. The van der Waals surface area contributed by atoms with E-state index in [1.54, 1.807) is 23.6 Å². The van der Waals surface area contributed by atoms with Gasteiger partial charge in [-0.15, -0.1) is 11.8 Å². The van der Waals surface area contributed by atoms with Gasteiger partial charge in [0.1, 0.15) is 6.04 Å². The van der Waals surface area contributed by atoms with E-state index in [0.717, 1.165) is 19.3 Å². The van der Waals surface area contributed by atoms with E-state index in [-0.39, 0.29) is 22.7 Å². The number of nitrogens with zero attached hydrogens (tertiary/aromatic N) is 1. The number of thioether (sulfide) groups is 1. The molecule has 0 spiro atoms. The minimum atomic E-state index is -0.812. The largest absolute Gasteiger partial charge is 0.451 e. The number of nitrogens with one attached hydrogen (secondary N) is 1. The molecule has 0 aromatic heterocycles. The number of carbonyl (C=O) groups excluding carboxylic acids is 3. The maximum absolute atomic E-state index is 12.3. The predicted octanol–water partition coefficient (Wildman–Crippen LogP) is 0.651. The molecule has 2 saturated heterocycles. The molecule has 1 N–H and O–H groups in total. The van der Waals surface area contributed by atoms with E-state index in [1.807, 2.05) is 6.92 Å². The third kappa shape index (κ3) is 2.75. The van der Waals surface area contributed by atoms with Crippen molar-refractivity contribution in [2.75, 3.05) is 5.75 Å². The van der Waals surface area contributed by atoms with Gasteiger partial charge in [0.2, 0.25) is 5.91 Å². The minimum absolute atomic E-state index is 0.000431. The molecule has 2 aliphatic heterocycles. The van der Waals surface area contributed by atoms with Crippen LogP contribution in [0, 0.1) is 0 Å². The molecular formula is C14H20N2O4S. The fourth-order valence-corrected chi connectivity index (χ4v) is 4.26. The van der Waals surface area contributed by atoms with Gasteiger partial charge in [-0.25, -0.2) is 4.79 Å². The quantitative estimate of drug-likeness (QED) is 0.772. The summed E-state index contributed by atoms with van der Waals surface area (Å²) in [4.78, 5) is 37.4. The summed E-state index contributed by atoms with van der Waals surface area (Å²) >= 11 is 1.62. The summed E-state index contributed by atoms with van der Waals surface area (Å²) in [6.07, 6.45) is 2.41. The molecule has 6 nitrogen and oxygen atoms in total. The Bertz CT molecular complexity index is 493. The zero-order chi connectivity index (χ0) is 15.2. The van der Waals surface area contributed by atoms with Gasteiger partial charge in [0.15, 0.2) is 6.10 Å². The Morgan fingerprint density at radius 1 is 1.48 bits per heavy atom. The Kier molecular flexibility index (Phi) is 3.63. The number of ether oxygens (including phenoxy) is 1. The highest BCUT2D eigenvalue weighted by Gasteiger charge is 2.53. The zero-order valence-corrected chi connectivity index (χ0v) is 13.1. The third-order valence-corrected chi connectivity index (χ3v) is 5.81. The zero-order valence-electron chi connectivity index (χ0n) is 12.3. The van der Waals surface area contributed by atoms with Crippen LogP contribution in [0.4, 0.5) is 0 Å². The van der Waals surface area contributed by atoms with Crippen molar-refractivity contribution in [2.45, 2.75) is 62.6 Å². The van der Waals surface area contributed by atoms with E-state index in [1.165, 1.54) is 0 Å². The molecule has 2 heterocycles. The molecule has 0 aromatic rings. The van der Waals surface area contributed by atoms with Gasteiger partial charge >= 0.3 is 5.97 Å². The van der Waals surface area contributed by atoms with Crippen molar-refractivity contribution in [1.82, 2.24) is 10.2 Å². The average Bonchev–Trinajstić information content (AvgIpc) is 3.09. The average molecular weight is 312 g/mol. The first kappa shape index (κ1) is 14.7. The van der Waals surface area contributed by atoms with Crippen LogP contribution < -0.4 is 5.32 Å². The monoisotopic (exact) mass is 312 g/mol. The molecule has 7 heteroatoms. The van der Waals surface area contributed by atoms with Crippen LogP contribution in [0.2, 0.25) is 0 Å². The molecule has 1 saturated carbocycles. The van der Waals surface area contributed by atoms with Crippen molar-refractivity contribution in [3.63, 3.8) is 0 Å². The van der Waals surface area contributed by atoms with Crippen LogP contribution in [0.3, 0.4) is 0 Å². The topological polar surface area (TPSA) is 75.7 Å². The van der Waals surface area contributed by atoms with Crippen molar-refractivity contribution < 1.29 is 19.1 Å². The van der Waals surface area contributed by atoms with Crippen LogP contribution in [-0.2, 0) is 19.1 Å². The lowest BCUT2D eigenvalue weighted by Crippen LogP contribution is -2.48. The molecule has 3 rings (SSSR count). The van der Waals surface area contributed by atoms with E-state index in [4.69, 9.17) is 4.74 Å². The summed E-state index contributed by atoms with van der Waals surface area (Å²) in [7, 11) is 0. The number of carbonyl (C=O) groups is 3. The Hall–Kier alpha value is -1.24. The first-order valence-electron chi connectivity index (χ1n) is 7.38. The highest BCUT2D eigenvalue weighted by molar-refractivity contribution is 8.01. The number of amides is 2. The smallest absolute Gasteiger partial charge is 0.330 e. The van der Waals surface area contributed by atoms with E-state index in [0.29, 0.717) is 12.2 Å². The molecule has 0 bridgehead atoms. The summed E-state index contributed by atoms with van der Waals surface area (Å²) in [5.41, 5.74) is 0. The Labute approximate surface area is 127 Å². The van der Waals surface area contributed by atoms with Gasteiger partial charge in [-0.3, -0.25) is 9.59 Å². The van der Waals surface area contributed by atoms with Gasteiger partial charge in [-0.05, 0) is 33.1 Å². The van der Waals surface area contributed by atoms with E-state index in [9.17, 15) is 14.4 Å². The highest BCUT2D eigenvalue weighted by atomic mass is 32.2. The van der Waals surface area contributed by atoms with Gasteiger partial charge in [0, 0.05) is 18.2 Å². The fourth-order valence-electron chi connectivity index (χ4n) is 2.85. The minimum Gasteiger partial charge on any atom is -0.451 e. The van der Waals surface area contributed by atoms with Gasteiger partial charge in [0.25, 0.3) is 5.91 Å². The second-order valence-electron chi connectivity index (χ2n) is 6.13. The van der Waals surface area contributed by atoms with Gasteiger partial charge < -0.3 is 15.0 Å². The van der Waals surface area contributed by atoms with Crippen molar-refractivity contribution >= 4 is 29.5 Å². The summed E-state index contributed by atoms with van der Waals surface area (Å²) in [6.45, 7) is 3.56. The standard InChI is InChI=1S/C14H20N2O4S/c1-8(12(18)15-9-3-4-9)20-13(19)10-7-21-14(2)6-5-11(17)16(10)14/h8-10H,3-7H2,1-2H3,(H,15,18)/t8-,10+,14-/m0/s1. The first-order valence-corrected chi connectivity index (χ1v) is 8.36. The normalized spacial score (nSPS) is 32.8. The van der Waals surface area contributed by atoms with E-state index < -0.39 is 18.1 Å². The predicted molar refractivity (Wildman–Crippen MR) is 77.4 cm³/mol. The second-order valence-corrected chi connectivity index (χ2v) is 7.63. The lowest BCUT2D eigenvalue weighted by molar-refractivity contribution is -0.161.